The van der Waals surface area contributed by atoms with Crippen LogP contribution < -0.4 is 4.74 Å². The molecule has 0 aliphatic rings. The van der Waals surface area contributed by atoms with Crippen LogP contribution in [0.25, 0.3) is 0 Å². The zero-order valence-corrected chi connectivity index (χ0v) is 11.6. The number of Topliss-reactive ketones (excluding diaryl/α,β-unsaturated/α-hetero) is 1. The summed E-state index contributed by atoms with van der Waals surface area (Å²) in [7, 11) is 0. The highest BCUT2D eigenvalue weighted by Gasteiger charge is 2.30. The van der Waals surface area contributed by atoms with Crippen molar-refractivity contribution in [3.8, 4) is 5.75 Å². The maximum absolute atomic E-state index is 13.1. The van der Waals surface area contributed by atoms with E-state index < -0.39 is 23.3 Å². The van der Waals surface area contributed by atoms with Crippen molar-refractivity contribution in [3.63, 3.8) is 0 Å². The number of rotatable bonds is 4. The van der Waals surface area contributed by atoms with E-state index in [9.17, 15) is 22.4 Å². The van der Waals surface area contributed by atoms with E-state index in [1.165, 1.54) is 25.1 Å². The maximum atomic E-state index is 13.1. The maximum Gasteiger partial charge on any atom is 0.416 e. The average Bonchev–Trinajstić information content (AvgIpc) is 2.45. The van der Waals surface area contributed by atoms with Crippen LogP contribution in [-0.4, -0.2) is 5.78 Å². The van der Waals surface area contributed by atoms with Gasteiger partial charge in [0, 0.05) is 0 Å². The molecule has 0 spiro atoms. The van der Waals surface area contributed by atoms with Crippen LogP contribution in [0.4, 0.5) is 17.6 Å². The summed E-state index contributed by atoms with van der Waals surface area (Å²) in [5.74, 6) is -0.846. The molecule has 0 saturated heterocycles. The Balaban J connectivity index is 2.19. The van der Waals surface area contributed by atoms with Gasteiger partial charge >= 0.3 is 6.18 Å². The fourth-order valence-electron chi connectivity index (χ4n) is 1.90. The Morgan fingerprint density at radius 1 is 1.14 bits per heavy atom. The van der Waals surface area contributed by atoms with Crippen LogP contribution in [0.2, 0.25) is 0 Å². The number of ether oxygens (including phenoxy) is 1. The predicted molar refractivity (Wildman–Crippen MR) is 72.2 cm³/mol. The Bertz CT molecular complexity index is 693. The molecule has 0 radical (unpaired) electrons. The summed E-state index contributed by atoms with van der Waals surface area (Å²) in [5.41, 5.74) is -0.430. The van der Waals surface area contributed by atoms with Gasteiger partial charge in [-0.15, -0.1) is 0 Å². The first-order chi connectivity index (χ1) is 10.3. The van der Waals surface area contributed by atoms with Crippen molar-refractivity contribution in [2.45, 2.75) is 19.7 Å². The van der Waals surface area contributed by atoms with E-state index in [2.05, 4.69) is 0 Å². The zero-order chi connectivity index (χ0) is 16.3. The molecule has 0 bridgehead atoms. The Morgan fingerprint density at radius 3 is 2.50 bits per heavy atom. The fourth-order valence-corrected chi connectivity index (χ4v) is 1.90. The minimum absolute atomic E-state index is 0.0481. The first kappa shape index (κ1) is 16.0. The molecule has 0 aliphatic heterocycles. The third-order valence-electron chi connectivity index (χ3n) is 2.97. The number of benzene rings is 2. The molecule has 0 saturated carbocycles. The van der Waals surface area contributed by atoms with Crippen LogP contribution in [0.3, 0.4) is 0 Å². The molecular weight excluding hydrogens is 300 g/mol. The minimum atomic E-state index is -4.43. The number of hydrogen-bond donors (Lipinski definition) is 0. The van der Waals surface area contributed by atoms with Crippen LogP contribution in [-0.2, 0) is 12.8 Å². The molecular formula is C16H12F4O2. The molecule has 0 heterocycles. The van der Waals surface area contributed by atoms with Gasteiger partial charge in [-0.2, -0.15) is 13.2 Å². The average molecular weight is 312 g/mol. The summed E-state index contributed by atoms with van der Waals surface area (Å²) in [5, 5.41) is 0. The Labute approximate surface area is 124 Å². The second-order valence-corrected chi connectivity index (χ2v) is 4.68. The number of alkyl halides is 3. The number of carbonyl (C=O) groups is 1. The van der Waals surface area contributed by atoms with Gasteiger partial charge in [0.15, 0.2) is 5.78 Å². The SMILES string of the molecule is CC(=O)c1cc(F)ccc1OCc1cccc(C(F)(F)F)c1. The van der Waals surface area contributed by atoms with E-state index in [-0.39, 0.29) is 17.9 Å². The van der Waals surface area contributed by atoms with Gasteiger partial charge < -0.3 is 4.74 Å². The number of carbonyl (C=O) groups excluding carboxylic acids is 1. The molecule has 0 aliphatic carbocycles. The van der Waals surface area contributed by atoms with E-state index in [1.807, 2.05) is 0 Å². The lowest BCUT2D eigenvalue weighted by atomic mass is 10.1. The highest BCUT2D eigenvalue weighted by atomic mass is 19.4. The van der Waals surface area contributed by atoms with E-state index in [4.69, 9.17) is 4.74 Å². The Morgan fingerprint density at radius 2 is 1.86 bits per heavy atom. The largest absolute Gasteiger partial charge is 0.488 e. The molecule has 6 heteroatoms. The lowest BCUT2D eigenvalue weighted by Gasteiger charge is -2.12. The van der Waals surface area contributed by atoms with Gasteiger partial charge in [0.25, 0.3) is 0 Å². The van der Waals surface area contributed by atoms with Gasteiger partial charge in [0.2, 0.25) is 0 Å². The van der Waals surface area contributed by atoms with Gasteiger partial charge in [0.1, 0.15) is 18.2 Å². The molecule has 0 aromatic heterocycles. The van der Waals surface area contributed by atoms with E-state index in [1.54, 1.807) is 0 Å². The molecule has 2 aromatic carbocycles. The van der Waals surface area contributed by atoms with Crippen molar-refractivity contribution in [2.75, 3.05) is 0 Å². The first-order valence-electron chi connectivity index (χ1n) is 6.37. The van der Waals surface area contributed by atoms with E-state index in [0.29, 0.717) is 5.56 Å². The quantitative estimate of drug-likeness (QED) is 0.608. The summed E-state index contributed by atoms with van der Waals surface area (Å²) in [4.78, 5) is 11.4. The monoisotopic (exact) mass is 312 g/mol. The zero-order valence-electron chi connectivity index (χ0n) is 11.6. The summed E-state index contributed by atoms with van der Waals surface area (Å²) >= 11 is 0. The standard InChI is InChI=1S/C16H12F4O2/c1-10(21)14-8-13(17)5-6-15(14)22-9-11-3-2-4-12(7-11)16(18,19)20/h2-8H,9H2,1H3. The van der Waals surface area contributed by atoms with E-state index in [0.717, 1.165) is 24.3 Å². The molecule has 0 amide bonds. The normalized spacial score (nSPS) is 11.3. The summed E-state index contributed by atoms with van der Waals surface area (Å²) in [6.07, 6.45) is -4.43. The molecule has 2 nitrogen and oxygen atoms in total. The van der Waals surface area contributed by atoms with Gasteiger partial charge in [-0.05, 0) is 42.8 Å². The minimum Gasteiger partial charge on any atom is -0.488 e. The third kappa shape index (κ3) is 3.84. The second-order valence-electron chi connectivity index (χ2n) is 4.68. The van der Waals surface area contributed by atoms with Gasteiger partial charge in [-0.25, -0.2) is 4.39 Å². The van der Waals surface area contributed by atoms with Crippen molar-refractivity contribution in [2.24, 2.45) is 0 Å². The van der Waals surface area contributed by atoms with Gasteiger partial charge in [0.05, 0.1) is 11.1 Å². The van der Waals surface area contributed by atoms with Gasteiger partial charge in [-0.3, -0.25) is 4.79 Å². The van der Waals surface area contributed by atoms with E-state index >= 15 is 0 Å². The molecule has 2 aromatic rings. The van der Waals surface area contributed by atoms with Crippen LogP contribution >= 0.6 is 0 Å². The van der Waals surface area contributed by atoms with Crippen molar-refractivity contribution < 1.29 is 27.1 Å². The molecule has 0 N–H and O–H groups in total. The Kier molecular flexibility index (Phi) is 4.49. The van der Waals surface area contributed by atoms with Crippen molar-refractivity contribution in [3.05, 3.63) is 65.0 Å². The third-order valence-corrected chi connectivity index (χ3v) is 2.97. The molecule has 116 valence electrons. The molecule has 2 rings (SSSR count). The summed E-state index contributed by atoms with van der Waals surface area (Å²) in [6.45, 7) is 1.10. The van der Waals surface area contributed by atoms with Crippen LogP contribution in [0.15, 0.2) is 42.5 Å². The number of hydrogen-bond acceptors (Lipinski definition) is 2. The lowest BCUT2D eigenvalue weighted by molar-refractivity contribution is -0.137. The highest BCUT2D eigenvalue weighted by molar-refractivity contribution is 5.96. The number of halogens is 4. The molecule has 22 heavy (non-hydrogen) atoms. The fraction of sp³-hybridized carbons (Fsp3) is 0.188. The molecule has 0 atom stereocenters. The van der Waals surface area contributed by atoms with Crippen molar-refractivity contribution in [1.82, 2.24) is 0 Å². The second kappa shape index (κ2) is 6.17. The first-order valence-corrected chi connectivity index (χ1v) is 6.37. The summed E-state index contributed by atoms with van der Waals surface area (Å²) in [6, 6.07) is 8.11. The smallest absolute Gasteiger partial charge is 0.416 e. The predicted octanol–water partition coefficient (Wildman–Crippen LogP) is 4.63. The Hall–Kier alpha value is -2.37. The molecule has 0 unspecified atom stereocenters. The molecule has 0 fully saturated rings. The number of ketones is 1. The highest BCUT2D eigenvalue weighted by Crippen LogP contribution is 2.30. The topological polar surface area (TPSA) is 26.3 Å². The van der Waals surface area contributed by atoms with Crippen LogP contribution in [0, 0.1) is 5.82 Å². The van der Waals surface area contributed by atoms with Crippen LogP contribution in [0.5, 0.6) is 5.75 Å². The summed E-state index contributed by atoms with van der Waals surface area (Å²) < 4.78 is 56.3. The van der Waals surface area contributed by atoms with Gasteiger partial charge in [-0.1, -0.05) is 12.1 Å². The van der Waals surface area contributed by atoms with Crippen LogP contribution in [0.1, 0.15) is 28.4 Å². The van der Waals surface area contributed by atoms with Crippen molar-refractivity contribution in [1.29, 1.82) is 0 Å². The van der Waals surface area contributed by atoms with Crippen molar-refractivity contribution >= 4 is 5.78 Å². The lowest BCUT2D eigenvalue weighted by Crippen LogP contribution is -2.07.